The lowest BCUT2D eigenvalue weighted by Gasteiger charge is -2.11. The molecule has 0 bridgehead atoms. The Hall–Kier alpha value is -1.35. The van der Waals surface area contributed by atoms with Gasteiger partial charge in [-0.15, -0.1) is 0 Å². The van der Waals surface area contributed by atoms with Gasteiger partial charge in [0.05, 0.1) is 6.04 Å². The Morgan fingerprint density at radius 2 is 2.06 bits per heavy atom. The number of nitrogens with one attached hydrogen (secondary N) is 2. The van der Waals surface area contributed by atoms with Gasteiger partial charge in [-0.1, -0.05) is 29.3 Å². The molecule has 0 aromatic heterocycles. The maximum Gasteiger partial charge on any atom is 0.237 e. The average molecular weight is 246 g/mol. The molecule has 1 saturated heterocycles. The topological polar surface area (TPSA) is 41.1 Å². The van der Waals surface area contributed by atoms with Crippen LogP contribution in [0.1, 0.15) is 29.5 Å². The van der Waals surface area contributed by atoms with Gasteiger partial charge in [-0.25, -0.2) is 0 Å². The largest absolute Gasteiger partial charge is 0.354 e. The first-order valence-corrected chi connectivity index (χ1v) is 6.73. The molecule has 1 aliphatic rings. The van der Waals surface area contributed by atoms with E-state index in [9.17, 15) is 4.79 Å². The molecular formula is C15H22N2O. The number of hydrogen-bond acceptors (Lipinski definition) is 2. The number of rotatable bonds is 4. The van der Waals surface area contributed by atoms with E-state index in [0.29, 0.717) is 0 Å². The molecule has 3 heteroatoms. The summed E-state index contributed by atoms with van der Waals surface area (Å²) in [6.07, 6.45) is 2.98. The van der Waals surface area contributed by atoms with Crippen LogP contribution < -0.4 is 10.6 Å². The molecule has 98 valence electrons. The number of amides is 1. The monoisotopic (exact) mass is 246 g/mol. The second kappa shape index (κ2) is 6.01. The summed E-state index contributed by atoms with van der Waals surface area (Å²) in [4.78, 5) is 11.8. The predicted molar refractivity (Wildman–Crippen MR) is 73.7 cm³/mol. The first kappa shape index (κ1) is 13.1. The molecule has 0 spiro atoms. The summed E-state index contributed by atoms with van der Waals surface area (Å²) < 4.78 is 0. The number of aryl methyl sites for hydroxylation is 2. The highest BCUT2D eigenvalue weighted by Gasteiger charge is 2.21. The molecular weight excluding hydrogens is 224 g/mol. The highest BCUT2D eigenvalue weighted by molar-refractivity contribution is 5.81. The minimum Gasteiger partial charge on any atom is -0.354 e. The van der Waals surface area contributed by atoms with Crippen molar-refractivity contribution in [1.82, 2.24) is 10.6 Å². The zero-order valence-corrected chi connectivity index (χ0v) is 11.3. The molecule has 1 unspecified atom stereocenters. The Kier molecular flexibility index (Phi) is 4.37. The molecule has 1 aromatic carbocycles. The van der Waals surface area contributed by atoms with E-state index in [1.807, 2.05) is 0 Å². The lowest BCUT2D eigenvalue weighted by atomic mass is 10.1. The standard InChI is InChI=1S/C15H22N2O/c1-11-8-12(2)10-13(9-11)5-7-17-15(18)14-4-3-6-16-14/h8-10,14,16H,3-7H2,1-2H3,(H,17,18). The number of carbonyl (C=O) groups excluding carboxylic acids is 1. The predicted octanol–water partition coefficient (Wildman–Crippen LogP) is 1.71. The average Bonchev–Trinajstić information content (AvgIpc) is 2.80. The smallest absolute Gasteiger partial charge is 0.237 e. The van der Waals surface area contributed by atoms with Crippen LogP contribution in [0.4, 0.5) is 0 Å². The van der Waals surface area contributed by atoms with Crippen LogP contribution in [0.25, 0.3) is 0 Å². The normalized spacial score (nSPS) is 18.9. The highest BCUT2D eigenvalue weighted by Crippen LogP contribution is 2.09. The van der Waals surface area contributed by atoms with E-state index in [1.54, 1.807) is 0 Å². The second-order valence-corrected chi connectivity index (χ2v) is 5.19. The molecule has 2 N–H and O–H groups in total. The van der Waals surface area contributed by atoms with Gasteiger partial charge in [-0.2, -0.15) is 0 Å². The van der Waals surface area contributed by atoms with Crippen LogP contribution in [0.3, 0.4) is 0 Å². The Balaban J connectivity index is 1.79. The molecule has 1 fully saturated rings. The van der Waals surface area contributed by atoms with Gasteiger partial charge in [0.1, 0.15) is 0 Å². The SMILES string of the molecule is Cc1cc(C)cc(CCNC(=O)C2CCCN2)c1. The van der Waals surface area contributed by atoms with Crippen molar-refractivity contribution in [3.05, 3.63) is 34.9 Å². The Morgan fingerprint density at radius 3 is 2.67 bits per heavy atom. The van der Waals surface area contributed by atoms with Gasteiger partial charge < -0.3 is 10.6 Å². The molecule has 2 rings (SSSR count). The van der Waals surface area contributed by atoms with Crippen LogP contribution in [0, 0.1) is 13.8 Å². The van der Waals surface area contributed by atoms with Crippen LogP contribution in [0.15, 0.2) is 18.2 Å². The minimum absolute atomic E-state index is 0.0317. The van der Waals surface area contributed by atoms with Gasteiger partial charge in [0, 0.05) is 6.54 Å². The summed E-state index contributed by atoms with van der Waals surface area (Å²) >= 11 is 0. The van der Waals surface area contributed by atoms with Gasteiger partial charge >= 0.3 is 0 Å². The molecule has 1 amide bonds. The van der Waals surface area contributed by atoms with Crippen LogP contribution in [0.2, 0.25) is 0 Å². The first-order chi connectivity index (χ1) is 8.65. The lowest BCUT2D eigenvalue weighted by molar-refractivity contribution is -0.122. The summed E-state index contributed by atoms with van der Waals surface area (Å²) in [6, 6.07) is 6.58. The summed E-state index contributed by atoms with van der Waals surface area (Å²) in [5, 5.41) is 6.22. The fourth-order valence-corrected chi connectivity index (χ4v) is 2.57. The van der Waals surface area contributed by atoms with Crippen LogP contribution in [0.5, 0.6) is 0 Å². The number of hydrogen-bond donors (Lipinski definition) is 2. The first-order valence-electron chi connectivity index (χ1n) is 6.73. The maximum atomic E-state index is 11.8. The van der Waals surface area contributed by atoms with Crippen molar-refractivity contribution < 1.29 is 4.79 Å². The van der Waals surface area contributed by atoms with E-state index in [2.05, 4.69) is 42.7 Å². The molecule has 1 aromatic rings. The van der Waals surface area contributed by atoms with Crippen molar-refractivity contribution in [2.24, 2.45) is 0 Å². The number of benzene rings is 1. The summed E-state index contributed by atoms with van der Waals surface area (Å²) in [5.41, 5.74) is 3.87. The molecule has 0 aliphatic carbocycles. The zero-order chi connectivity index (χ0) is 13.0. The molecule has 18 heavy (non-hydrogen) atoms. The second-order valence-electron chi connectivity index (χ2n) is 5.19. The molecule has 3 nitrogen and oxygen atoms in total. The Labute approximate surface area is 109 Å². The van der Waals surface area contributed by atoms with Crippen molar-refractivity contribution in [3.8, 4) is 0 Å². The van der Waals surface area contributed by atoms with E-state index >= 15 is 0 Å². The van der Waals surface area contributed by atoms with Crippen molar-refractivity contribution in [1.29, 1.82) is 0 Å². The quantitative estimate of drug-likeness (QED) is 0.849. The van der Waals surface area contributed by atoms with Gasteiger partial charge in [-0.3, -0.25) is 4.79 Å². The Bertz CT molecular complexity index is 402. The fraction of sp³-hybridized carbons (Fsp3) is 0.533. The van der Waals surface area contributed by atoms with Crippen LogP contribution in [-0.2, 0) is 11.2 Å². The van der Waals surface area contributed by atoms with Crippen molar-refractivity contribution in [3.63, 3.8) is 0 Å². The zero-order valence-electron chi connectivity index (χ0n) is 11.3. The van der Waals surface area contributed by atoms with E-state index in [1.165, 1.54) is 16.7 Å². The third kappa shape index (κ3) is 3.57. The maximum absolute atomic E-state index is 11.8. The van der Waals surface area contributed by atoms with Gasteiger partial charge in [0.2, 0.25) is 5.91 Å². The summed E-state index contributed by atoms with van der Waals surface area (Å²) in [7, 11) is 0. The molecule has 0 saturated carbocycles. The third-order valence-corrected chi connectivity index (χ3v) is 3.37. The van der Waals surface area contributed by atoms with Gasteiger partial charge in [0.15, 0.2) is 0 Å². The van der Waals surface area contributed by atoms with E-state index in [0.717, 1.165) is 32.4 Å². The van der Waals surface area contributed by atoms with Gasteiger partial charge in [-0.05, 0) is 45.2 Å². The van der Waals surface area contributed by atoms with Crippen LogP contribution >= 0.6 is 0 Å². The van der Waals surface area contributed by atoms with Gasteiger partial charge in [0.25, 0.3) is 0 Å². The third-order valence-electron chi connectivity index (χ3n) is 3.37. The minimum atomic E-state index is 0.0317. The molecule has 0 radical (unpaired) electrons. The highest BCUT2D eigenvalue weighted by atomic mass is 16.2. The molecule has 1 heterocycles. The fourth-order valence-electron chi connectivity index (χ4n) is 2.57. The van der Waals surface area contributed by atoms with E-state index in [4.69, 9.17) is 0 Å². The van der Waals surface area contributed by atoms with E-state index < -0.39 is 0 Å². The Morgan fingerprint density at radius 1 is 1.33 bits per heavy atom. The van der Waals surface area contributed by atoms with Crippen LogP contribution in [-0.4, -0.2) is 25.0 Å². The lowest BCUT2D eigenvalue weighted by Crippen LogP contribution is -2.41. The van der Waals surface area contributed by atoms with E-state index in [-0.39, 0.29) is 11.9 Å². The molecule has 1 atom stereocenters. The number of carbonyl (C=O) groups is 1. The summed E-state index contributed by atoms with van der Waals surface area (Å²) in [5.74, 6) is 0.150. The summed E-state index contributed by atoms with van der Waals surface area (Å²) in [6.45, 7) is 5.91. The van der Waals surface area contributed by atoms with Crippen molar-refractivity contribution in [2.45, 2.75) is 39.2 Å². The molecule has 1 aliphatic heterocycles. The van der Waals surface area contributed by atoms with Crippen molar-refractivity contribution in [2.75, 3.05) is 13.1 Å². The van der Waals surface area contributed by atoms with Crippen molar-refractivity contribution >= 4 is 5.91 Å².